The molecular formula is C15H22N4O3S. The lowest BCUT2D eigenvalue weighted by atomic mass is 10.2. The van der Waals surface area contributed by atoms with E-state index in [4.69, 9.17) is 21.7 Å². The highest BCUT2D eigenvalue weighted by molar-refractivity contribution is 7.80. The van der Waals surface area contributed by atoms with Crippen molar-refractivity contribution >= 4 is 23.5 Å². The van der Waals surface area contributed by atoms with Gasteiger partial charge < -0.3 is 19.9 Å². The van der Waals surface area contributed by atoms with Gasteiger partial charge in [0.25, 0.3) is 0 Å². The Kier molecular flexibility index (Phi) is 7.05. The quantitative estimate of drug-likeness (QED) is 0.397. The Morgan fingerprint density at radius 3 is 2.96 bits per heavy atom. The number of phenols is 1. The highest BCUT2D eigenvalue weighted by atomic mass is 32.1. The van der Waals surface area contributed by atoms with Crippen molar-refractivity contribution in [3.05, 3.63) is 23.8 Å². The molecule has 0 amide bonds. The van der Waals surface area contributed by atoms with Crippen molar-refractivity contribution in [1.82, 2.24) is 15.6 Å². The molecule has 0 radical (unpaired) electrons. The van der Waals surface area contributed by atoms with Crippen molar-refractivity contribution in [2.45, 2.75) is 0 Å². The SMILES string of the molecule is COc1ccc(/C=N\NC(=S)NCCN2CCOCC2)cc1O. The number of hydrogen-bond donors (Lipinski definition) is 3. The van der Waals surface area contributed by atoms with Crippen LogP contribution in [0.3, 0.4) is 0 Å². The maximum absolute atomic E-state index is 9.68. The molecule has 2 rings (SSSR count). The minimum Gasteiger partial charge on any atom is -0.504 e. The summed E-state index contributed by atoms with van der Waals surface area (Å²) in [6.45, 7) is 5.18. The standard InChI is InChI=1S/C15H22N4O3S/c1-21-14-3-2-12(10-13(14)20)11-17-18-15(23)16-4-5-19-6-8-22-9-7-19/h2-3,10-11,20H,4-9H2,1H3,(H2,16,18,23)/b17-11-. The predicted molar refractivity (Wildman–Crippen MR) is 93.2 cm³/mol. The van der Waals surface area contributed by atoms with Gasteiger partial charge in [-0.25, -0.2) is 0 Å². The molecule has 7 nitrogen and oxygen atoms in total. The van der Waals surface area contributed by atoms with E-state index in [-0.39, 0.29) is 5.75 Å². The zero-order chi connectivity index (χ0) is 16.5. The summed E-state index contributed by atoms with van der Waals surface area (Å²) < 4.78 is 10.3. The van der Waals surface area contributed by atoms with E-state index in [9.17, 15) is 5.11 Å². The zero-order valence-corrected chi connectivity index (χ0v) is 13.9. The molecule has 0 aliphatic carbocycles. The number of aromatic hydroxyl groups is 1. The number of ether oxygens (including phenoxy) is 2. The lowest BCUT2D eigenvalue weighted by molar-refractivity contribution is 0.0389. The maximum Gasteiger partial charge on any atom is 0.187 e. The largest absolute Gasteiger partial charge is 0.504 e. The van der Waals surface area contributed by atoms with Crippen LogP contribution in [0.2, 0.25) is 0 Å². The van der Waals surface area contributed by atoms with Crippen LogP contribution in [0.25, 0.3) is 0 Å². The Morgan fingerprint density at radius 2 is 2.26 bits per heavy atom. The first-order valence-corrected chi connectivity index (χ1v) is 7.84. The van der Waals surface area contributed by atoms with Gasteiger partial charge >= 0.3 is 0 Å². The Balaban J connectivity index is 1.68. The fraction of sp³-hybridized carbons (Fsp3) is 0.467. The minimum atomic E-state index is 0.0719. The Bertz CT molecular complexity index is 548. The lowest BCUT2D eigenvalue weighted by Gasteiger charge is -2.26. The minimum absolute atomic E-state index is 0.0719. The number of thiocarbonyl (C=S) groups is 1. The van der Waals surface area contributed by atoms with Crippen molar-refractivity contribution in [1.29, 1.82) is 0 Å². The molecule has 1 aliphatic heterocycles. The summed E-state index contributed by atoms with van der Waals surface area (Å²) in [5, 5.41) is 17.3. The fourth-order valence-corrected chi connectivity index (χ4v) is 2.30. The van der Waals surface area contributed by atoms with Crippen LogP contribution in [0, 0.1) is 0 Å². The second-order valence-electron chi connectivity index (χ2n) is 5.01. The summed E-state index contributed by atoms with van der Waals surface area (Å²) in [4.78, 5) is 2.32. The maximum atomic E-state index is 9.68. The molecule has 8 heteroatoms. The molecule has 0 saturated carbocycles. The molecule has 0 spiro atoms. The molecule has 1 fully saturated rings. The van der Waals surface area contributed by atoms with Gasteiger partial charge in [-0.15, -0.1) is 0 Å². The van der Waals surface area contributed by atoms with E-state index in [2.05, 4.69) is 20.7 Å². The van der Waals surface area contributed by atoms with Crippen molar-refractivity contribution < 1.29 is 14.6 Å². The van der Waals surface area contributed by atoms with Crippen LogP contribution >= 0.6 is 12.2 Å². The lowest BCUT2D eigenvalue weighted by Crippen LogP contribution is -2.42. The van der Waals surface area contributed by atoms with E-state index in [1.165, 1.54) is 7.11 Å². The summed E-state index contributed by atoms with van der Waals surface area (Å²) in [5.74, 6) is 0.498. The van der Waals surface area contributed by atoms with Crippen LogP contribution in [0.4, 0.5) is 0 Å². The molecular weight excluding hydrogens is 316 g/mol. The van der Waals surface area contributed by atoms with Gasteiger partial charge in [0.2, 0.25) is 0 Å². The van der Waals surface area contributed by atoms with Crippen molar-refractivity contribution in [2.75, 3.05) is 46.5 Å². The normalized spacial score (nSPS) is 15.5. The predicted octanol–water partition coefficient (Wildman–Crippen LogP) is 0.531. The van der Waals surface area contributed by atoms with E-state index in [0.29, 0.717) is 10.9 Å². The Morgan fingerprint density at radius 1 is 1.48 bits per heavy atom. The Hall–Kier alpha value is -1.90. The van der Waals surface area contributed by atoms with Crippen LogP contribution in [0.15, 0.2) is 23.3 Å². The summed E-state index contributed by atoms with van der Waals surface area (Å²) in [6, 6.07) is 5.03. The Labute approximate surface area is 141 Å². The average Bonchev–Trinajstić information content (AvgIpc) is 2.56. The first-order valence-electron chi connectivity index (χ1n) is 7.43. The number of rotatable bonds is 6. The van der Waals surface area contributed by atoms with Gasteiger partial charge in [0.15, 0.2) is 16.6 Å². The summed E-state index contributed by atoms with van der Waals surface area (Å²) in [7, 11) is 1.51. The van der Waals surface area contributed by atoms with Crippen LogP contribution in [-0.2, 0) is 4.74 Å². The molecule has 3 N–H and O–H groups in total. The molecule has 1 aliphatic rings. The van der Waals surface area contributed by atoms with E-state index < -0.39 is 0 Å². The monoisotopic (exact) mass is 338 g/mol. The van der Waals surface area contributed by atoms with Gasteiger partial charge in [0.1, 0.15) is 0 Å². The van der Waals surface area contributed by atoms with Crippen molar-refractivity contribution in [3.8, 4) is 11.5 Å². The number of phenolic OH excluding ortho intramolecular Hbond substituents is 1. The molecule has 1 heterocycles. The van der Waals surface area contributed by atoms with Gasteiger partial charge in [-0.05, 0) is 36.0 Å². The third-order valence-corrected chi connectivity index (χ3v) is 3.64. The second-order valence-corrected chi connectivity index (χ2v) is 5.42. The zero-order valence-electron chi connectivity index (χ0n) is 13.1. The molecule has 1 aromatic rings. The third-order valence-electron chi connectivity index (χ3n) is 3.40. The van der Waals surface area contributed by atoms with E-state index in [0.717, 1.165) is 45.0 Å². The number of methoxy groups -OCH3 is 1. The van der Waals surface area contributed by atoms with Gasteiger partial charge in [-0.2, -0.15) is 5.10 Å². The second kappa shape index (κ2) is 9.29. The molecule has 1 aromatic carbocycles. The molecule has 23 heavy (non-hydrogen) atoms. The average molecular weight is 338 g/mol. The smallest absolute Gasteiger partial charge is 0.187 e. The molecule has 0 atom stereocenters. The summed E-state index contributed by atoms with van der Waals surface area (Å²) in [6.07, 6.45) is 1.58. The van der Waals surface area contributed by atoms with Crippen LogP contribution in [0.1, 0.15) is 5.56 Å². The highest BCUT2D eigenvalue weighted by Crippen LogP contribution is 2.25. The topological polar surface area (TPSA) is 78.4 Å². The third kappa shape index (κ3) is 6.01. The summed E-state index contributed by atoms with van der Waals surface area (Å²) >= 11 is 5.15. The van der Waals surface area contributed by atoms with Gasteiger partial charge in [0, 0.05) is 26.2 Å². The number of hydrogen-bond acceptors (Lipinski definition) is 6. The van der Waals surface area contributed by atoms with Crippen LogP contribution in [-0.4, -0.2) is 67.8 Å². The fourth-order valence-electron chi connectivity index (χ4n) is 2.14. The molecule has 0 unspecified atom stereocenters. The van der Waals surface area contributed by atoms with Crippen LogP contribution < -0.4 is 15.5 Å². The van der Waals surface area contributed by atoms with Gasteiger partial charge in [-0.3, -0.25) is 10.3 Å². The number of benzene rings is 1. The number of hydrazone groups is 1. The van der Waals surface area contributed by atoms with E-state index in [1.54, 1.807) is 24.4 Å². The number of nitrogens with one attached hydrogen (secondary N) is 2. The van der Waals surface area contributed by atoms with Crippen molar-refractivity contribution in [3.63, 3.8) is 0 Å². The van der Waals surface area contributed by atoms with Crippen molar-refractivity contribution in [2.24, 2.45) is 5.10 Å². The first kappa shape index (κ1) is 17.5. The highest BCUT2D eigenvalue weighted by Gasteiger charge is 2.09. The summed E-state index contributed by atoms with van der Waals surface area (Å²) in [5.41, 5.74) is 3.49. The molecule has 0 aromatic heterocycles. The van der Waals surface area contributed by atoms with Gasteiger partial charge in [-0.1, -0.05) is 0 Å². The van der Waals surface area contributed by atoms with Crippen LogP contribution in [0.5, 0.6) is 11.5 Å². The number of morpholine rings is 1. The van der Waals surface area contributed by atoms with E-state index >= 15 is 0 Å². The molecule has 126 valence electrons. The van der Waals surface area contributed by atoms with Gasteiger partial charge in [0.05, 0.1) is 26.5 Å². The molecule has 0 bridgehead atoms. The van der Waals surface area contributed by atoms with E-state index in [1.807, 2.05) is 0 Å². The first-order chi connectivity index (χ1) is 11.2. The molecule has 1 saturated heterocycles. The number of nitrogens with zero attached hydrogens (tertiary/aromatic N) is 2.